The zero-order valence-corrected chi connectivity index (χ0v) is 17.2. The molecule has 1 saturated heterocycles. The van der Waals surface area contributed by atoms with Crippen molar-refractivity contribution in [2.24, 2.45) is 0 Å². The Labute approximate surface area is 168 Å². The maximum atomic E-state index is 12.3. The smallest absolute Gasteiger partial charge is 0.237 e. The van der Waals surface area contributed by atoms with Crippen LogP contribution in [0.3, 0.4) is 0 Å². The topological polar surface area (TPSA) is 73.8 Å². The van der Waals surface area contributed by atoms with Crippen molar-refractivity contribution in [3.63, 3.8) is 0 Å². The summed E-state index contributed by atoms with van der Waals surface area (Å²) in [6, 6.07) is 7.77. The molecule has 6 nitrogen and oxygen atoms in total. The molecule has 150 valence electrons. The Morgan fingerprint density at radius 1 is 1.38 bits per heavy atom. The summed E-state index contributed by atoms with van der Waals surface area (Å²) in [5, 5.41) is 15.6. The fraction of sp³-hybridized carbons (Fsp3) is 0.611. The number of nitrogens with one attached hydrogen (secondary N) is 2. The van der Waals surface area contributed by atoms with Crippen molar-refractivity contribution < 1.29 is 14.6 Å². The van der Waals surface area contributed by atoms with E-state index in [0.717, 1.165) is 24.4 Å². The lowest BCUT2D eigenvalue weighted by Crippen LogP contribution is -2.44. The number of halogens is 2. The van der Waals surface area contributed by atoms with Crippen molar-refractivity contribution in [1.82, 2.24) is 15.5 Å². The molecular formula is C18H31Cl2N3O3. The molecule has 3 atom stereocenters. The summed E-state index contributed by atoms with van der Waals surface area (Å²) in [7, 11) is 1.66. The van der Waals surface area contributed by atoms with E-state index in [9.17, 15) is 9.90 Å². The van der Waals surface area contributed by atoms with Crippen LogP contribution >= 0.6 is 24.8 Å². The molecule has 1 amide bonds. The highest BCUT2D eigenvalue weighted by Gasteiger charge is 2.29. The van der Waals surface area contributed by atoms with Gasteiger partial charge in [0.1, 0.15) is 5.75 Å². The number of benzene rings is 1. The van der Waals surface area contributed by atoms with Gasteiger partial charge in [-0.05, 0) is 37.2 Å². The van der Waals surface area contributed by atoms with Gasteiger partial charge in [-0.15, -0.1) is 24.8 Å². The molecule has 1 aromatic carbocycles. The Kier molecular flexibility index (Phi) is 11.9. The molecule has 1 aliphatic rings. The monoisotopic (exact) mass is 407 g/mol. The predicted octanol–water partition coefficient (Wildman–Crippen LogP) is 1.76. The summed E-state index contributed by atoms with van der Waals surface area (Å²) in [6.07, 6.45) is 0.0405. The van der Waals surface area contributed by atoms with Gasteiger partial charge in [-0.1, -0.05) is 26.0 Å². The maximum Gasteiger partial charge on any atom is 0.237 e. The van der Waals surface area contributed by atoms with Crippen LogP contribution < -0.4 is 15.4 Å². The third-order valence-electron chi connectivity index (χ3n) is 4.63. The number of ether oxygens (including phenoxy) is 1. The molecule has 3 unspecified atom stereocenters. The summed E-state index contributed by atoms with van der Waals surface area (Å²) < 4.78 is 5.33. The molecule has 2 rings (SSSR count). The number of hydrogen-bond acceptors (Lipinski definition) is 5. The minimum Gasteiger partial charge on any atom is -0.497 e. The van der Waals surface area contributed by atoms with E-state index in [1.807, 2.05) is 18.2 Å². The van der Waals surface area contributed by atoms with Crippen LogP contribution in [0.15, 0.2) is 24.3 Å². The van der Waals surface area contributed by atoms with E-state index in [-0.39, 0.29) is 42.8 Å². The first-order chi connectivity index (χ1) is 11.6. The zero-order chi connectivity index (χ0) is 17.5. The molecule has 0 radical (unpaired) electrons. The van der Waals surface area contributed by atoms with Crippen molar-refractivity contribution in [3.05, 3.63) is 29.8 Å². The molecule has 8 heteroatoms. The number of aliphatic hydroxyl groups excluding tert-OH is 1. The number of nitrogens with zero attached hydrogens (tertiary/aromatic N) is 1. The number of amides is 1. The van der Waals surface area contributed by atoms with E-state index < -0.39 is 6.10 Å². The van der Waals surface area contributed by atoms with Crippen LogP contribution in [0.1, 0.15) is 31.9 Å². The Bertz CT molecular complexity index is 544. The second-order valence-corrected chi connectivity index (χ2v) is 6.11. The summed E-state index contributed by atoms with van der Waals surface area (Å²) in [4.78, 5) is 14.6. The second-order valence-electron chi connectivity index (χ2n) is 6.11. The number of rotatable bonds is 8. The molecule has 0 aliphatic carbocycles. The Balaban J connectivity index is 0.00000312. The van der Waals surface area contributed by atoms with Gasteiger partial charge in [0.25, 0.3) is 0 Å². The molecule has 0 bridgehead atoms. The molecule has 1 aliphatic heterocycles. The lowest BCUT2D eigenvalue weighted by atomic mass is 10.0. The first-order valence-corrected chi connectivity index (χ1v) is 8.66. The average molecular weight is 408 g/mol. The Morgan fingerprint density at radius 3 is 2.62 bits per heavy atom. The molecule has 26 heavy (non-hydrogen) atoms. The van der Waals surface area contributed by atoms with Crippen LogP contribution in [0.25, 0.3) is 0 Å². The number of methoxy groups -OCH3 is 1. The first kappa shape index (κ1) is 24.9. The van der Waals surface area contributed by atoms with Gasteiger partial charge in [0.2, 0.25) is 5.91 Å². The SMILES string of the molecule is CCN(CC)C(CNC(=O)C1CC(O)CN1)c1cccc(OC)c1.Cl.Cl. The van der Waals surface area contributed by atoms with Gasteiger partial charge in [-0.3, -0.25) is 9.69 Å². The number of aliphatic hydroxyl groups is 1. The number of β-amino-alcohol motifs (C(OH)–C–C–N with tert-alkyl or cyclic N) is 1. The van der Waals surface area contributed by atoms with Crippen LogP contribution in [-0.4, -0.2) is 61.3 Å². The van der Waals surface area contributed by atoms with E-state index in [1.165, 1.54) is 0 Å². The second kappa shape index (κ2) is 12.4. The standard InChI is InChI=1S/C18H29N3O3.2ClH/c1-4-21(5-2)17(13-7-6-8-15(9-13)24-3)12-20-18(23)16-10-14(22)11-19-16;;/h6-9,14,16-17,19,22H,4-5,10-12H2,1-3H3,(H,20,23);2*1H. The first-order valence-electron chi connectivity index (χ1n) is 8.66. The summed E-state index contributed by atoms with van der Waals surface area (Å²) in [5.41, 5.74) is 1.12. The third kappa shape index (κ3) is 6.59. The van der Waals surface area contributed by atoms with Crippen molar-refractivity contribution in [3.8, 4) is 5.75 Å². The Hall–Kier alpha value is -1.05. The quantitative estimate of drug-likeness (QED) is 0.612. The predicted molar refractivity (Wildman–Crippen MR) is 109 cm³/mol. The van der Waals surface area contributed by atoms with Gasteiger partial charge < -0.3 is 20.5 Å². The highest BCUT2D eigenvalue weighted by atomic mass is 35.5. The van der Waals surface area contributed by atoms with E-state index in [2.05, 4.69) is 35.4 Å². The van der Waals surface area contributed by atoms with Crippen molar-refractivity contribution in [1.29, 1.82) is 0 Å². The highest BCUT2D eigenvalue weighted by molar-refractivity contribution is 5.85. The summed E-state index contributed by atoms with van der Waals surface area (Å²) in [6.45, 7) is 7.04. The van der Waals surface area contributed by atoms with Gasteiger partial charge in [-0.25, -0.2) is 0 Å². The van der Waals surface area contributed by atoms with E-state index in [4.69, 9.17) is 4.74 Å². The van der Waals surface area contributed by atoms with Crippen LogP contribution in [0.2, 0.25) is 0 Å². The van der Waals surface area contributed by atoms with Crippen molar-refractivity contribution in [2.45, 2.75) is 38.5 Å². The molecule has 3 N–H and O–H groups in total. The van der Waals surface area contributed by atoms with Crippen LogP contribution in [0.4, 0.5) is 0 Å². The average Bonchev–Trinajstić information content (AvgIpc) is 3.05. The van der Waals surface area contributed by atoms with Gasteiger partial charge in [0.15, 0.2) is 0 Å². The van der Waals surface area contributed by atoms with E-state index in [1.54, 1.807) is 7.11 Å². The molecule has 0 aromatic heterocycles. The lowest BCUT2D eigenvalue weighted by Gasteiger charge is -2.30. The van der Waals surface area contributed by atoms with Gasteiger partial charge >= 0.3 is 0 Å². The van der Waals surface area contributed by atoms with E-state index >= 15 is 0 Å². The molecule has 1 aromatic rings. The van der Waals surface area contributed by atoms with E-state index in [0.29, 0.717) is 19.5 Å². The lowest BCUT2D eigenvalue weighted by molar-refractivity contribution is -0.123. The normalized spacial score (nSPS) is 20.0. The van der Waals surface area contributed by atoms with Gasteiger partial charge in [-0.2, -0.15) is 0 Å². The fourth-order valence-corrected chi connectivity index (χ4v) is 3.21. The minimum absolute atomic E-state index is 0. The maximum absolute atomic E-state index is 12.3. The fourth-order valence-electron chi connectivity index (χ4n) is 3.21. The molecule has 0 spiro atoms. The minimum atomic E-state index is -0.433. The van der Waals surface area contributed by atoms with Gasteiger partial charge in [0.05, 0.1) is 25.3 Å². The third-order valence-corrected chi connectivity index (χ3v) is 4.63. The largest absolute Gasteiger partial charge is 0.497 e. The molecular weight excluding hydrogens is 377 g/mol. The molecule has 0 saturated carbocycles. The number of hydrogen-bond donors (Lipinski definition) is 3. The highest BCUT2D eigenvalue weighted by Crippen LogP contribution is 2.24. The molecule has 1 fully saturated rings. The number of carbonyl (C=O) groups excluding carboxylic acids is 1. The van der Waals surface area contributed by atoms with Crippen molar-refractivity contribution >= 4 is 30.7 Å². The van der Waals surface area contributed by atoms with Crippen molar-refractivity contribution in [2.75, 3.05) is 33.3 Å². The van der Waals surface area contributed by atoms with Crippen LogP contribution in [-0.2, 0) is 4.79 Å². The Morgan fingerprint density at radius 2 is 2.08 bits per heavy atom. The zero-order valence-electron chi connectivity index (χ0n) is 15.6. The number of likely N-dealkylation sites (N-methyl/N-ethyl adjacent to an activating group) is 1. The van der Waals surface area contributed by atoms with Crippen LogP contribution in [0.5, 0.6) is 5.75 Å². The summed E-state index contributed by atoms with van der Waals surface area (Å²) >= 11 is 0. The molecule has 1 heterocycles. The number of carbonyl (C=O) groups is 1. The summed E-state index contributed by atoms with van der Waals surface area (Å²) in [5.74, 6) is 0.767. The van der Waals surface area contributed by atoms with Gasteiger partial charge in [0, 0.05) is 13.1 Å². The van der Waals surface area contributed by atoms with Crippen LogP contribution in [0, 0.1) is 0 Å².